The lowest BCUT2D eigenvalue weighted by atomic mass is 10.2. The average Bonchev–Trinajstić information content (AvgIpc) is 2.98. The number of hydrogen-bond acceptors (Lipinski definition) is 2. The first-order valence-corrected chi connectivity index (χ1v) is 7.30. The smallest absolute Gasteiger partial charge is 0.244 e. The minimum absolute atomic E-state index is 0.234. The molecule has 116 valence electrons. The lowest BCUT2D eigenvalue weighted by Gasteiger charge is -2.09. The average molecular weight is 309 g/mol. The van der Waals surface area contributed by atoms with Gasteiger partial charge in [-0.25, -0.2) is 9.37 Å². The van der Waals surface area contributed by atoms with Crippen molar-refractivity contribution < 1.29 is 9.18 Å². The number of hydrogen-bond donors (Lipinski definition) is 2. The number of imidazole rings is 1. The van der Waals surface area contributed by atoms with Crippen LogP contribution in [0.4, 0.5) is 4.39 Å². The molecular weight excluding hydrogens is 293 g/mol. The summed E-state index contributed by atoms with van der Waals surface area (Å²) in [5, 5.41) is 2.85. The zero-order chi connectivity index (χ0) is 16.2. The van der Waals surface area contributed by atoms with Gasteiger partial charge in [0.15, 0.2) is 0 Å². The van der Waals surface area contributed by atoms with E-state index >= 15 is 0 Å². The molecule has 23 heavy (non-hydrogen) atoms. The van der Waals surface area contributed by atoms with Crippen molar-refractivity contribution in [3.8, 4) is 0 Å². The van der Waals surface area contributed by atoms with Crippen molar-refractivity contribution in [3.05, 3.63) is 71.8 Å². The Kier molecular flexibility index (Phi) is 4.19. The lowest BCUT2D eigenvalue weighted by Crippen LogP contribution is -2.25. The number of amides is 1. The van der Waals surface area contributed by atoms with Crippen LogP contribution < -0.4 is 5.32 Å². The van der Waals surface area contributed by atoms with Crippen LogP contribution in [0.1, 0.15) is 24.4 Å². The Hall–Kier alpha value is -2.95. The van der Waals surface area contributed by atoms with E-state index in [-0.39, 0.29) is 17.8 Å². The Morgan fingerprint density at radius 1 is 1.22 bits per heavy atom. The first-order valence-electron chi connectivity index (χ1n) is 7.30. The second-order valence-electron chi connectivity index (χ2n) is 5.25. The summed E-state index contributed by atoms with van der Waals surface area (Å²) >= 11 is 0. The van der Waals surface area contributed by atoms with Crippen molar-refractivity contribution in [2.24, 2.45) is 0 Å². The highest BCUT2D eigenvalue weighted by Crippen LogP contribution is 2.15. The summed E-state index contributed by atoms with van der Waals surface area (Å²) in [6.45, 7) is 1.86. The lowest BCUT2D eigenvalue weighted by molar-refractivity contribution is -0.117. The third-order valence-electron chi connectivity index (χ3n) is 3.47. The van der Waals surface area contributed by atoms with Crippen LogP contribution in [-0.2, 0) is 4.79 Å². The van der Waals surface area contributed by atoms with Gasteiger partial charge < -0.3 is 10.3 Å². The van der Waals surface area contributed by atoms with Crippen molar-refractivity contribution in [1.82, 2.24) is 15.3 Å². The standard InChI is InChI=1S/C18H16FN3O/c1-12(18-21-15-4-2-3-5-16(15)22-18)20-17(23)11-8-13-6-9-14(19)10-7-13/h2-12H,1H3,(H,20,23)(H,21,22)/b11-8+. The van der Waals surface area contributed by atoms with Gasteiger partial charge in [-0.2, -0.15) is 0 Å². The van der Waals surface area contributed by atoms with Gasteiger partial charge in [-0.1, -0.05) is 24.3 Å². The van der Waals surface area contributed by atoms with Crippen LogP contribution in [0.15, 0.2) is 54.6 Å². The number of nitrogens with one attached hydrogen (secondary N) is 2. The Balaban J connectivity index is 1.65. The quantitative estimate of drug-likeness (QED) is 0.724. The molecule has 0 bridgehead atoms. The number of para-hydroxylation sites is 2. The first-order chi connectivity index (χ1) is 11.1. The van der Waals surface area contributed by atoms with E-state index in [4.69, 9.17) is 0 Å². The zero-order valence-corrected chi connectivity index (χ0v) is 12.6. The minimum Gasteiger partial charge on any atom is -0.343 e. The third kappa shape index (κ3) is 3.63. The van der Waals surface area contributed by atoms with Gasteiger partial charge in [-0.3, -0.25) is 4.79 Å². The number of rotatable bonds is 4. The second kappa shape index (κ2) is 6.44. The van der Waals surface area contributed by atoms with E-state index in [0.717, 1.165) is 16.6 Å². The van der Waals surface area contributed by atoms with Gasteiger partial charge in [0.2, 0.25) is 5.91 Å². The van der Waals surface area contributed by atoms with E-state index in [0.29, 0.717) is 5.82 Å². The summed E-state index contributed by atoms with van der Waals surface area (Å²) < 4.78 is 12.8. The molecule has 1 heterocycles. The maximum absolute atomic E-state index is 12.8. The van der Waals surface area contributed by atoms with Crippen LogP contribution in [-0.4, -0.2) is 15.9 Å². The van der Waals surface area contributed by atoms with Gasteiger partial charge in [-0.05, 0) is 42.8 Å². The zero-order valence-electron chi connectivity index (χ0n) is 12.6. The fraction of sp³-hybridized carbons (Fsp3) is 0.111. The van der Waals surface area contributed by atoms with Crippen LogP contribution in [0, 0.1) is 5.82 Å². The highest BCUT2D eigenvalue weighted by molar-refractivity contribution is 5.92. The number of aromatic amines is 1. The van der Waals surface area contributed by atoms with Crippen LogP contribution in [0.5, 0.6) is 0 Å². The molecule has 1 amide bonds. The van der Waals surface area contributed by atoms with E-state index in [2.05, 4.69) is 15.3 Å². The number of carbonyl (C=O) groups is 1. The van der Waals surface area contributed by atoms with Gasteiger partial charge >= 0.3 is 0 Å². The molecule has 4 nitrogen and oxygen atoms in total. The van der Waals surface area contributed by atoms with Gasteiger partial charge in [0, 0.05) is 6.08 Å². The number of nitrogens with zero attached hydrogens (tertiary/aromatic N) is 1. The molecule has 2 N–H and O–H groups in total. The summed E-state index contributed by atoms with van der Waals surface area (Å²) in [4.78, 5) is 19.6. The fourth-order valence-electron chi connectivity index (χ4n) is 2.25. The number of fused-ring (bicyclic) bond motifs is 1. The molecule has 0 fully saturated rings. The number of carbonyl (C=O) groups excluding carboxylic acids is 1. The van der Waals surface area contributed by atoms with Crippen molar-refractivity contribution in [2.45, 2.75) is 13.0 Å². The van der Waals surface area contributed by atoms with Crippen LogP contribution in [0.3, 0.4) is 0 Å². The van der Waals surface area contributed by atoms with Crippen LogP contribution in [0.25, 0.3) is 17.1 Å². The second-order valence-corrected chi connectivity index (χ2v) is 5.25. The molecule has 0 spiro atoms. The Morgan fingerprint density at radius 2 is 1.96 bits per heavy atom. The predicted octanol–water partition coefficient (Wildman–Crippen LogP) is 3.59. The molecule has 1 aromatic heterocycles. The van der Waals surface area contributed by atoms with Crippen molar-refractivity contribution in [3.63, 3.8) is 0 Å². The summed E-state index contributed by atoms with van der Waals surface area (Å²) in [5.41, 5.74) is 2.56. The maximum atomic E-state index is 12.8. The molecule has 2 aromatic carbocycles. The predicted molar refractivity (Wildman–Crippen MR) is 88.1 cm³/mol. The normalized spacial score (nSPS) is 12.6. The first kappa shape index (κ1) is 15.0. The van der Waals surface area contributed by atoms with E-state index in [9.17, 15) is 9.18 Å². The highest BCUT2D eigenvalue weighted by atomic mass is 19.1. The molecular formula is C18H16FN3O. The van der Waals surface area contributed by atoms with E-state index in [1.54, 1.807) is 18.2 Å². The third-order valence-corrected chi connectivity index (χ3v) is 3.47. The molecule has 0 radical (unpaired) electrons. The molecule has 0 aliphatic heterocycles. The Bertz CT molecular complexity index is 819. The molecule has 0 saturated carbocycles. The monoisotopic (exact) mass is 309 g/mol. The fourth-order valence-corrected chi connectivity index (χ4v) is 2.25. The minimum atomic E-state index is -0.301. The summed E-state index contributed by atoms with van der Waals surface area (Å²) in [5.74, 6) is 0.169. The molecule has 3 aromatic rings. The summed E-state index contributed by atoms with van der Waals surface area (Å²) in [7, 11) is 0. The van der Waals surface area contributed by atoms with Gasteiger partial charge in [0.1, 0.15) is 11.6 Å². The summed E-state index contributed by atoms with van der Waals surface area (Å²) in [6, 6.07) is 13.4. The number of aromatic nitrogens is 2. The topological polar surface area (TPSA) is 57.8 Å². The SMILES string of the molecule is CC(NC(=O)/C=C/c1ccc(F)cc1)c1nc2ccccc2[nH]1. The van der Waals surface area contributed by atoms with Crippen LogP contribution in [0.2, 0.25) is 0 Å². The molecule has 0 saturated heterocycles. The number of benzene rings is 2. The van der Waals surface area contributed by atoms with Crippen molar-refractivity contribution in [1.29, 1.82) is 0 Å². The van der Waals surface area contributed by atoms with E-state index in [1.165, 1.54) is 18.2 Å². The van der Waals surface area contributed by atoms with E-state index in [1.807, 2.05) is 31.2 Å². The molecule has 5 heteroatoms. The summed E-state index contributed by atoms with van der Waals surface area (Å²) in [6.07, 6.45) is 3.06. The largest absolute Gasteiger partial charge is 0.343 e. The van der Waals surface area contributed by atoms with Crippen molar-refractivity contribution in [2.75, 3.05) is 0 Å². The van der Waals surface area contributed by atoms with Crippen LogP contribution >= 0.6 is 0 Å². The Morgan fingerprint density at radius 3 is 2.70 bits per heavy atom. The number of H-pyrrole nitrogens is 1. The molecule has 0 aliphatic carbocycles. The highest BCUT2D eigenvalue weighted by Gasteiger charge is 2.11. The van der Waals surface area contributed by atoms with Gasteiger partial charge in [0.25, 0.3) is 0 Å². The molecule has 1 atom stereocenters. The molecule has 0 aliphatic rings. The van der Waals surface area contributed by atoms with Gasteiger partial charge in [0.05, 0.1) is 17.1 Å². The van der Waals surface area contributed by atoms with E-state index < -0.39 is 0 Å². The Labute approximate surface area is 133 Å². The molecule has 1 unspecified atom stereocenters. The molecule has 3 rings (SSSR count). The maximum Gasteiger partial charge on any atom is 0.244 e. The number of halogens is 1. The van der Waals surface area contributed by atoms with Crippen molar-refractivity contribution >= 4 is 23.0 Å². The van der Waals surface area contributed by atoms with Gasteiger partial charge in [-0.15, -0.1) is 0 Å².